The lowest BCUT2D eigenvalue weighted by Gasteiger charge is -2.21. The number of carbonyl (C=O) groups excluding carboxylic acids is 4. The molecule has 156 valence electrons. The van der Waals surface area contributed by atoms with Crippen LogP contribution in [0.15, 0.2) is 48.5 Å². The first-order valence-electron chi connectivity index (χ1n) is 9.43. The van der Waals surface area contributed by atoms with Crippen LogP contribution in [0.5, 0.6) is 0 Å². The smallest absolute Gasteiger partial charge is 0.326 e. The fourth-order valence-electron chi connectivity index (χ4n) is 3.19. The highest BCUT2D eigenvalue weighted by molar-refractivity contribution is 6.09. The van der Waals surface area contributed by atoms with Crippen LogP contribution in [0.4, 0.5) is 10.5 Å². The van der Waals surface area contributed by atoms with Gasteiger partial charge in [-0.05, 0) is 43.5 Å². The second kappa shape index (κ2) is 8.36. The number of esters is 1. The van der Waals surface area contributed by atoms with Crippen LogP contribution in [0.25, 0.3) is 0 Å². The molecule has 1 heterocycles. The van der Waals surface area contributed by atoms with E-state index < -0.39 is 42.5 Å². The topological polar surface area (TPSA) is 105 Å². The summed E-state index contributed by atoms with van der Waals surface area (Å²) in [5.41, 5.74) is 1.82. The fraction of sp³-hybridized carbons (Fsp3) is 0.273. The van der Waals surface area contributed by atoms with Gasteiger partial charge in [-0.25, -0.2) is 4.79 Å². The van der Waals surface area contributed by atoms with Gasteiger partial charge in [0.25, 0.3) is 11.8 Å². The second-order valence-electron chi connectivity index (χ2n) is 7.34. The van der Waals surface area contributed by atoms with Gasteiger partial charge in [0.15, 0.2) is 6.61 Å². The summed E-state index contributed by atoms with van der Waals surface area (Å²) in [5.74, 6) is -1.93. The highest BCUT2D eigenvalue weighted by Crippen LogP contribution is 2.28. The van der Waals surface area contributed by atoms with Crippen LogP contribution in [0.2, 0.25) is 0 Å². The fourth-order valence-corrected chi connectivity index (χ4v) is 3.19. The van der Waals surface area contributed by atoms with Crippen LogP contribution in [0.1, 0.15) is 23.6 Å². The van der Waals surface area contributed by atoms with Crippen molar-refractivity contribution < 1.29 is 23.9 Å². The third kappa shape index (κ3) is 4.32. The van der Waals surface area contributed by atoms with E-state index >= 15 is 0 Å². The quantitative estimate of drug-likeness (QED) is 0.562. The molecule has 3 rings (SSSR count). The first-order valence-corrected chi connectivity index (χ1v) is 9.43. The number of anilines is 1. The molecule has 8 heteroatoms. The van der Waals surface area contributed by atoms with Crippen molar-refractivity contribution in [3.63, 3.8) is 0 Å². The van der Waals surface area contributed by atoms with Gasteiger partial charge in [0.05, 0.1) is 0 Å². The van der Waals surface area contributed by atoms with E-state index in [4.69, 9.17) is 4.74 Å². The molecule has 0 unspecified atom stereocenters. The minimum atomic E-state index is -1.27. The molecule has 1 atom stereocenters. The Morgan fingerprint density at radius 2 is 1.80 bits per heavy atom. The highest BCUT2D eigenvalue weighted by atomic mass is 16.5. The van der Waals surface area contributed by atoms with E-state index in [1.807, 2.05) is 32.0 Å². The van der Waals surface area contributed by atoms with E-state index in [0.29, 0.717) is 11.3 Å². The Labute approximate surface area is 174 Å². The van der Waals surface area contributed by atoms with Gasteiger partial charge in [0.1, 0.15) is 12.1 Å². The van der Waals surface area contributed by atoms with Crippen molar-refractivity contribution in [3.8, 4) is 0 Å². The molecule has 1 fully saturated rings. The molecule has 0 saturated carbocycles. The largest absolute Gasteiger partial charge is 0.454 e. The zero-order valence-electron chi connectivity index (χ0n) is 17.0. The summed E-state index contributed by atoms with van der Waals surface area (Å²) in [7, 11) is 0. The number of nitrogens with one attached hydrogen (secondary N) is 2. The van der Waals surface area contributed by atoms with Crippen LogP contribution in [-0.4, -0.2) is 41.9 Å². The van der Waals surface area contributed by atoms with Gasteiger partial charge in [0.2, 0.25) is 0 Å². The average Bonchev–Trinajstić information content (AvgIpc) is 2.94. The van der Waals surface area contributed by atoms with Gasteiger partial charge in [-0.3, -0.25) is 19.3 Å². The van der Waals surface area contributed by atoms with Gasteiger partial charge >= 0.3 is 12.0 Å². The number of rotatable bonds is 6. The predicted octanol–water partition coefficient (Wildman–Crippen LogP) is 2.25. The van der Waals surface area contributed by atoms with Gasteiger partial charge in [0, 0.05) is 5.69 Å². The molecule has 0 radical (unpaired) electrons. The Hall–Kier alpha value is -3.68. The van der Waals surface area contributed by atoms with E-state index in [2.05, 4.69) is 10.6 Å². The maximum atomic E-state index is 12.8. The van der Waals surface area contributed by atoms with E-state index in [-0.39, 0.29) is 0 Å². The number of imide groups is 1. The maximum absolute atomic E-state index is 12.8. The van der Waals surface area contributed by atoms with E-state index in [0.717, 1.165) is 16.0 Å². The first-order chi connectivity index (χ1) is 14.2. The van der Waals surface area contributed by atoms with Crippen LogP contribution < -0.4 is 10.6 Å². The summed E-state index contributed by atoms with van der Waals surface area (Å²) in [4.78, 5) is 50.1. The number of urea groups is 1. The minimum Gasteiger partial charge on any atom is -0.454 e. The lowest BCUT2D eigenvalue weighted by Crippen LogP contribution is -2.41. The zero-order chi connectivity index (χ0) is 21.9. The minimum absolute atomic E-state index is 0.511. The lowest BCUT2D eigenvalue weighted by atomic mass is 9.92. The third-order valence-corrected chi connectivity index (χ3v) is 4.94. The number of hydrogen-bond donors (Lipinski definition) is 2. The van der Waals surface area contributed by atoms with Crippen molar-refractivity contribution >= 4 is 29.5 Å². The van der Waals surface area contributed by atoms with E-state index in [1.165, 1.54) is 0 Å². The van der Waals surface area contributed by atoms with Crippen LogP contribution in [0, 0.1) is 13.8 Å². The number of benzene rings is 2. The molecule has 1 aliphatic heterocycles. The summed E-state index contributed by atoms with van der Waals surface area (Å²) in [6.45, 7) is 4.22. The molecule has 30 heavy (non-hydrogen) atoms. The Morgan fingerprint density at radius 3 is 2.50 bits per heavy atom. The number of ether oxygens (including phenoxy) is 1. The zero-order valence-corrected chi connectivity index (χ0v) is 17.0. The summed E-state index contributed by atoms with van der Waals surface area (Å²) < 4.78 is 4.95. The molecule has 2 aromatic rings. The van der Waals surface area contributed by atoms with Crippen molar-refractivity contribution in [2.75, 3.05) is 18.5 Å². The Bertz CT molecular complexity index is 1010. The average molecular weight is 409 g/mol. The summed E-state index contributed by atoms with van der Waals surface area (Å²) in [6, 6.07) is 13.7. The summed E-state index contributed by atoms with van der Waals surface area (Å²) in [5, 5.41) is 5.29. The molecular formula is C22H23N3O5. The molecule has 2 N–H and O–H groups in total. The lowest BCUT2D eigenvalue weighted by molar-refractivity contribution is -0.150. The van der Waals surface area contributed by atoms with Crippen molar-refractivity contribution in [1.29, 1.82) is 0 Å². The van der Waals surface area contributed by atoms with Crippen molar-refractivity contribution in [1.82, 2.24) is 10.2 Å². The Balaban J connectivity index is 1.57. The van der Waals surface area contributed by atoms with Gasteiger partial charge in [-0.1, -0.05) is 42.5 Å². The molecular weight excluding hydrogens is 386 g/mol. The van der Waals surface area contributed by atoms with Gasteiger partial charge in [-0.15, -0.1) is 0 Å². The van der Waals surface area contributed by atoms with E-state index in [1.54, 1.807) is 37.3 Å². The van der Waals surface area contributed by atoms with Crippen LogP contribution in [0.3, 0.4) is 0 Å². The molecule has 1 aliphatic rings. The molecule has 0 aromatic heterocycles. The number of amides is 4. The second-order valence-corrected chi connectivity index (χ2v) is 7.34. The maximum Gasteiger partial charge on any atom is 0.326 e. The summed E-state index contributed by atoms with van der Waals surface area (Å²) >= 11 is 0. The molecule has 0 aliphatic carbocycles. The van der Waals surface area contributed by atoms with Crippen molar-refractivity contribution in [3.05, 3.63) is 65.2 Å². The van der Waals surface area contributed by atoms with Gasteiger partial charge < -0.3 is 15.4 Å². The number of carbonyl (C=O) groups is 4. The van der Waals surface area contributed by atoms with Gasteiger partial charge in [-0.2, -0.15) is 0 Å². The van der Waals surface area contributed by atoms with Crippen molar-refractivity contribution in [2.45, 2.75) is 26.3 Å². The summed E-state index contributed by atoms with van der Waals surface area (Å²) in [6.07, 6.45) is 0. The molecule has 4 amide bonds. The molecule has 0 spiro atoms. The monoisotopic (exact) mass is 409 g/mol. The number of hydrogen-bond acceptors (Lipinski definition) is 5. The predicted molar refractivity (Wildman–Crippen MR) is 110 cm³/mol. The Morgan fingerprint density at radius 1 is 1.10 bits per heavy atom. The van der Waals surface area contributed by atoms with E-state index in [9.17, 15) is 19.2 Å². The van der Waals surface area contributed by atoms with Crippen LogP contribution in [-0.2, 0) is 24.7 Å². The van der Waals surface area contributed by atoms with Crippen molar-refractivity contribution in [2.24, 2.45) is 0 Å². The van der Waals surface area contributed by atoms with Crippen LogP contribution >= 0.6 is 0 Å². The number of aryl methyl sites for hydroxylation is 2. The SMILES string of the molecule is Cc1ccc(C)c(NC(=O)COC(=O)CN2C(=O)N[C@@](C)(c3ccccc3)C2=O)c1. The Kier molecular flexibility index (Phi) is 5.86. The molecule has 8 nitrogen and oxygen atoms in total. The third-order valence-electron chi connectivity index (χ3n) is 4.94. The highest BCUT2D eigenvalue weighted by Gasteiger charge is 2.49. The number of nitrogens with zero attached hydrogens (tertiary/aromatic N) is 1. The normalized spacial score (nSPS) is 18.2. The standard InChI is InChI=1S/C22H23N3O5/c1-14-9-10-15(2)17(11-14)23-18(26)13-30-19(27)12-25-20(28)22(3,24-21(25)29)16-7-5-4-6-8-16/h4-11H,12-13H2,1-3H3,(H,23,26)(H,24,29)/t22-/m0/s1. The molecule has 1 saturated heterocycles. The molecule has 0 bridgehead atoms. The first kappa shape index (κ1) is 21.0. The molecule has 2 aromatic carbocycles.